The second kappa shape index (κ2) is 5.46. The van der Waals surface area contributed by atoms with Gasteiger partial charge >= 0.3 is 0 Å². The third-order valence-corrected chi connectivity index (χ3v) is 3.87. The normalized spacial score (nSPS) is 15.8. The van der Waals surface area contributed by atoms with E-state index in [9.17, 15) is 8.42 Å². The fourth-order valence-electron chi connectivity index (χ4n) is 1.49. The van der Waals surface area contributed by atoms with Crippen LogP contribution in [0.3, 0.4) is 0 Å². The molecule has 1 aromatic rings. The first-order valence-electron chi connectivity index (χ1n) is 5.81. The highest BCUT2D eigenvalue weighted by molar-refractivity contribution is 7.92. The van der Waals surface area contributed by atoms with Crippen LogP contribution in [0.25, 0.3) is 0 Å². The van der Waals surface area contributed by atoms with Crippen molar-refractivity contribution in [3.8, 4) is 0 Å². The van der Waals surface area contributed by atoms with Gasteiger partial charge in [-0.1, -0.05) is 6.07 Å². The molecule has 0 amide bonds. The minimum atomic E-state index is -3.26. The fraction of sp³-hybridized carbons (Fsp3) is 0.545. The Hall–Kier alpha value is -1.14. The second-order valence-electron chi connectivity index (χ2n) is 4.22. The highest BCUT2D eigenvalue weighted by Crippen LogP contribution is 2.18. The van der Waals surface area contributed by atoms with Crippen molar-refractivity contribution in [3.63, 3.8) is 0 Å². The zero-order valence-corrected chi connectivity index (χ0v) is 10.4. The molecule has 0 saturated heterocycles. The summed E-state index contributed by atoms with van der Waals surface area (Å²) in [5.74, 6) is 0.506. The number of hydrogen-bond acceptors (Lipinski definition) is 4. The van der Waals surface area contributed by atoms with Crippen molar-refractivity contribution in [1.29, 1.82) is 0 Å². The van der Waals surface area contributed by atoms with Gasteiger partial charge in [-0.3, -0.25) is 4.72 Å². The van der Waals surface area contributed by atoms with Gasteiger partial charge in [-0.15, -0.1) is 0 Å². The molecule has 0 atom stereocenters. The van der Waals surface area contributed by atoms with E-state index in [-0.39, 0.29) is 5.75 Å². The van der Waals surface area contributed by atoms with Crippen molar-refractivity contribution in [1.82, 2.24) is 10.3 Å². The lowest BCUT2D eigenvalue weighted by Gasteiger charge is -2.07. The Morgan fingerprint density at radius 2 is 2.18 bits per heavy atom. The predicted octanol–water partition coefficient (Wildman–Crippen LogP) is 0.965. The number of nitrogens with zero attached hydrogens (tertiary/aromatic N) is 1. The number of sulfonamides is 1. The van der Waals surface area contributed by atoms with Gasteiger partial charge in [-0.05, 0) is 37.9 Å². The minimum Gasteiger partial charge on any atom is -0.314 e. The molecular formula is C11H17N3O2S. The molecule has 6 heteroatoms. The van der Waals surface area contributed by atoms with Crippen LogP contribution >= 0.6 is 0 Å². The van der Waals surface area contributed by atoms with E-state index in [1.54, 1.807) is 24.4 Å². The predicted molar refractivity (Wildman–Crippen MR) is 67.3 cm³/mol. The van der Waals surface area contributed by atoms with Gasteiger partial charge in [0.2, 0.25) is 10.0 Å². The van der Waals surface area contributed by atoms with Crippen LogP contribution in [-0.2, 0) is 10.0 Å². The number of hydrogen-bond donors (Lipinski definition) is 2. The molecule has 0 spiro atoms. The molecule has 17 heavy (non-hydrogen) atoms. The van der Waals surface area contributed by atoms with Crippen molar-refractivity contribution >= 4 is 15.8 Å². The maximum Gasteiger partial charge on any atom is 0.233 e. The van der Waals surface area contributed by atoms with Gasteiger partial charge in [0.05, 0.1) is 5.75 Å². The minimum absolute atomic E-state index is 0.128. The number of rotatable bonds is 7. The van der Waals surface area contributed by atoms with Gasteiger partial charge in [0.15, 0.2) is 0 Å². The number of pyridine rings is 1. The molecule has 1 saturated carbocycles. The summed E-state index contributed by atoms with van der Waals surface area (Å²) in [6, 6.07) is 5.76. The summed E-state index contributed by atoms with van der Waals surface area (Å²) >= 11 is 0. The van der Waals surface area contributed by atoms with Gasteiger partial charge in [0, 0.05) is 12.2 Å². The summed E-state index contributed by atoms with van der Waals surface area (Å²) in [6.07, 6.45) is 4.63. The van der Waals surface area contributed by atoms with Crippen LogP contribution < -0.4 is 10.0 Å². The standard InChI is InChI=1S/C11H17N3O2S/c15-17(16,9-3-8-12-10-5-6-10)14-11-4-1-2-7-13-11/h1-2,4,7,10,12H,3,5-6,8-9H2,(H,13,14). The van der Waals surface area contributed by atoms with Gasteiger partial charge in [-0.2, -0.15) is 0 Å². The van der Waals surface area contributed by atoms with Gasteiger partial charge in [-0.25, -0.2) is 13.4 Å². The van der Waals surface area contributed by atoms with Crippen LogP contribution in [0.4, 0.5) is 5.82 Å². The number of anilines is 1. The molecule has 5 nitrogen and oxygen atoms in total. The molecule has 0 aliphatic heterocycles. The van der Waals surface area contributed by atoms with E-state index in [0.717, 1.165) is 6.54 Å². The SMILES string of the molecule is O=S(=O)(CCCNC1CC1)Nc1ccccn1. The Bertz CT molecular complexity index is 443. The zero-order chi connectivity index (χ0) is 12.1. The van der Waals surface area contributed by atoms with E-state index in [0.29, 0.717) is 18.3 Å². The molecule has 2 rings (SSSR count). The van der Waals surface area contributed by atoms with E-state index < -0.39 is 10.0 Å². The molecule has 1 aromatic heterocycles. The molecule has 0 unspecified atom stereocenters. The third-order valence-electron chi connectivity index (χ3n) is 2.53. The summed E-state index contributed by atoms with van der Waals surface area (Å²) in [6.45, 7) is 0.758. The molecule has 2 N–H and O–H groups in total. The van der Waals surface area contributed by atoms with Crippen molar-refractivity contribution in [2.24, 2.45) is 0 Å². The topological polar surface area (TPSA) is 71.1 Å². The van der Waals surface area contributed by atoms with Crippen molar-refractivity contribution in [2.45, 2.75) is 25.3 Å². The summed E-state index contributed by atoms with van der Waals surface area (Å²) in [5.41, 5.74) is 0. The van der Waals surface area contributed by atoms with E-state index in [1.807, 2.05) is 0 Å². The van der Waals surface area contributed by atoms with Crippen molar-refractivity contribution < 1.29 is 8.42 Å². The van der Waals surface area contributed by atoms with Crippen LogP contribution in [0.15, 0.2) is 24.4 Å². The van der Waals surface area contributed by atoms with E-state index >= 15 is 0 Å². The second-order valence-corrected chi connectivity index (χ2v) is 6.06. The lowest BCUT2D eigenvalue weighted by atomic mass is 10.5. The average molecular weight is 255 g/mol. The largest absolute Gasteiger partial charge is 0.314 e. The fourth-order valence-corrected chi connectivity index (χ4v) is 2.56. The van der Waals surface area contributed by atoms with Crippen LogP contribution in [-0.4, -0.2) is 31.7 Å². The third kappa shape index (κ3) is 4.70. The van der Waals surface area contributed by atoms with E-state index in [2.05, 4.69) is 15.0 Å². The van der Waals surface area contributed by atoms with Crippen molar-refractivity contribution in [3.05, 3.63) is 24.4 Å². The van der Waals surface area contributed by atoms with Crippen LogP contribution in [0.5, 0.6) is 0 Å². The number of nitrogens with one attached hydrogen (secondary N) is 2. The maximum atomic E-state index is 11.7. The first-order chi connectivity index (χ1) is 8.16. The summed E-state index contributed by atoms with van der Waals surface area (Å²) in [4.78, 5) is 3.92. The lowest BCUT2D eigenvalue weighted by molar-refractivity contribution is 0.593. The Balaban J connectivity index is 1.73. The monoisotopic (exact) mass is 255 g/mol. The van der Waals surface area contributed by atoms with E-state index in [1.165, 1.54) is 12.8 Å². The highest BCUT2D eigenvalue weighted by atomic mass is 32.2. The van der Waals surface area contributed by atoms with Crippen molar-refractivity contribution in [2.75, 3.05) is 17.0 Å². The zero-order valence-electron chi connectivity index (χ0n) is 9.59. The van der Waals surface area contributed by atoms with Crippen LogP contribution in [0, 0.1) is 0 Å². The average Bonchev–Trinajstić information content (AvgIpc) is 3.09. The van der Waals surface area contributed by atoms with Crippen LogP contribution in [0.2, 0.25) is 0 Å². The molecule has 1 heterocycles. The first-order valence-corrected chi connectivity index (χ1v) is 7.46. The highest BCUT2D eigenvalue weighted by Gasteiger charge is 2.20. The Morgan fingerprint density at radius 3 is 2.82 bits per heavy atom. The summed E-state index contributed by atoms with van der Waals surface area (Å²) in [7, 11) is -3.26. The number of aromatic nitrogens is 1. The molecule has 94 valence electrons. The molecular weight excluding hydrogens is 238 g/mol. The quantitative estimate of drug-likeness (QED) is 0.712. The Kier molecular flexibility index (Phi) is 3.96. The lowest BCUT2D eigenvalue weighted by Crippen LogP contribution is -2.23. The molecule has 0 bridgehead atoms. The smallest absolute Gasteiger partial charge is 0.233 e. The summed E-state index contributed by atoms with van der Waals surface area (Å²) < 4.78 is 25.8. The van der Waals surface area contributed by atoms with E-state index in [4.69, 9.17) is 0 Å². The Morgan fingerprint density at radius 1 is 1.35 bits per heavy atom. The van der Waals surface area contributed by atoms with Crippen LogP contribution in [0.1, 0.15) is 19.3 Å². The molecule has 0 aromatic carbocycles. The molecule has 1 aliphatic carbocycles. The summed E-state index contributed by atoms with van der Waals surface area (Å²) in [5, 5.41) is 3.29. The maximum absolute atomic E-state index is 11.7. The van der Waals surface area contributed by atoms with Gasteiger partial charge in [0.25, 0.3) is 0 Å². The van der Waals surface area contributed by atoms with Gasteiger partial charge in [0.1, 0.15) is 5.82 Å². The van der Waals surface area contributed by atoms with Gasteiger partial charge < -0.3 is 5.32 Å². The molecule has 0 radical (unpaired) electrons. The Labute approximate surface area is 102 Å². The molecule has 1 aliphatic rings. The first kappa shape index (κ1) is 12.3. The molecule has 1 fully saturated rings.